The van der Waals surface area contributed by atoms with Gasteiger partial charge in [-0.05, 0) is 18.6 Å². The molecule has 74 valence electrons. The zero-order valence-corrected chi connectivity index (χ0v) is 8.52. The van der Waals surface area contributed by atoms with Crippen LogP contribution in [0, 0.1) is 0 Å². The summed E-state index contributed by atoms with van der Waals surface area (Å²) < 4.78 is 5.21. The summed E-state index contributed by atoms with van der Waals surface area (Å²) in [6.07, 6.45) is 2.27. The quantitative estimate of drug-likeness (QED) is 0.626. The Labute approximate surface area is 82.8 Å². The third-order valence-electron chi connectivity index (χ3n) is 2.53. The summed E-state index contributed by atoms with van der Waals surface area (Å²) in [6.45, 7) is 3.00. The first-order valence-corrected chi connectivity index (χ1v) is 5.91. The Bertz CT molecular complexity index is 186. The average Bonchev–Trinajstić information content (AvgIpc) is 2.71. The molecule has 0 aromatic rings. The van der Waals surface area contributed by atoms with E-state index in [1.807, 2.05) is 16.7 Å². The molecule has 0 spiro atoms. The number of ether oxygens (including phenoxy) is 1. The lowest BCUT2D eigenvalue weighted by Gasteiger charge is -2.28. The Morgan fingerprint density at radius 3 is 2.77 bits per heavy atom. The molecule has 0 saturated carbocycles. The first kappa shape index (κ1) is 9.34. The maximum absolute atomic E-state index is 11.8. The molecule has 0 bridgehead atoms. The SMILES string of the molecule is O=C(C1CCCS1)N1CCOCC1. The Morgan fingerprint density at radius 2 is 2.15 bits per heavy atom. The molecule has 1 amide bonds. The second kappa shape index (κ2) is 4.33. The molecule has 13 heavy (non-hydrogen) atoms. The predicted octanol–water partition coefficient (Wildman–Crippen LogP) is 0.741. The third kappa shape index (κ3) is 2.17. The molecule has 4 heteroatoms. The van der Waals surface area contributed by atoms with Crippen molar-refractivity contribution in [3.63, 3.8) is 0 Å². The molecule has 0 aromatic heterocycles. The van der Waals surface area contributed by atoms with Crippen LogP contribution in [0.5, 0.6) is 0 Å². The number of amides is 1. The lowest BCUT2D eigenvalue weighted by atomic mass is 10.2. The van der Waals surface area contributed by atoms with Gasteiger partial charge in [0, 0.05) is 13.1 Å². The highest BCUT2D eigenvalue weighted by molar-refractivity contribution is 8.00. The van der Waals surface area contributed by atoms with Gasteiger partial charge in [0.1, 0.15) is 0 Å². The lowest BCUT2D eigenvalue weighted by molar-refractivity contribution is -0.134. The summed E-state index contributed by atoms with van der Waals surface area (Å²) in [6, 6.07) is 0. The van der Waals surface area contributed by atoms with Gasteiger partial charge < -0.3 is 9.64 Å². The number of hydrogen-bond donors (Lipinski definition) is 0. The second-order valence-electron chi connectivity index (χ2n) is 3.44. The van der Waals surface area contributed by atoms with Gasteiger partial charge in [-0.3, -0.25) is 4.79 Å². The molecule has 1 unspecified atom stereocenters. The largest absolute Gasteiger partial charge is 0.378 e. The van der Waals surface area contributed by atoms with Crippen molar-refractivity contribution in [2.75, 3.05) is 32.1 Å². The van der Waals surface area contributed by atoms with Gasteiger partial charge in [-0.15, -0.1) is 11.8 Å². The van der Waals surface area contributed by atoms with Gasteiger partial charge in [-0.2, -0.15) is 0 Å². The highest BCUT2D eigenvalue weighted by Crippen LogP contribution is 2.27. The molecule has 1 atom stereocenters. The summed E-state index contributed by atoms with van der Waals surface area (Å²) in [5.41, 5.74) is 0. The third-order valence-corrected chi connectivity index (χ3v) is 3.89. The van der Waals surface area contributed by atoms with E-state index in [1.54, 1.807) is 0 Å². The van der Waals surface area contributed by atoms with E-state index in [-0.39, 0.29) is 5.25 Å². The summed E-state index contributed by atoms with van der Waals surface area (Å²) in [5.74, 6) is 1.49. The molecule has 2 rings (SSSR count). The van der Waals surface area contributed by atoms with E-state index in [0.717, 1.165) is 25.3 Å². The summed E-state index contributed by atoms with van der Waals surface area (Å²) >= 11 is 1.81. The fourth-order valence-corrected chi connectivity index (χ4v) is 3.00. The number of carbonyl (C=O) groups is 1. The van der Waals surface area contributed by atoms with Gasteiger partial charge >= 0.3 is 0 Å². The fraction of sp³-hybridized carbons (Fsp3) is 0.889. The highest BCUT2D eigenvalue weighted by atomic mass is 32.2. The molecule has 0 N–H and O–H groups in total. The number of morpholine rings is 1. The number of rotatable bonds is 1. The molecule has 2 aliphatic heterocycles. The minimum atomic E-state index is 0.248. The van der Waals surface area contributed by atoms with Crippen LogP contribution in [0.15, 0.2) is 0 Å². The van der Waals surface area contributed by atoms with Crippen molar-refractivity contribution in [3.8, 4) is 0 Å². The van der Waals surface area contributed by atoms with Crippen LogP contribution < -0.4 is 0 Å². The van der Waals surface area contributed by atoms with Gasteiger partial charge in [0.05, 0.1) is 18.5 Å². The molecule has 2 heterocycles. The first-order valence-electron chi connectivity index (χ1n) is 4.86. The van der Waals surface area contributed by atoms with E-state index in [0.29, 0.717) is 19.1 Å². The second-order valence-corrected chi connectivity index (χ2v) is 4.75. The van der Waals surface area contributed by atoms with Crippen molar-refractivity contribution in [2.45, 2.75) is 18.1 Å². The zero-order valence-electron chi connectivity index (χ0n) is 7.70. The molecular formula is C9H15NO2S. The van der Waals surface area contributed by atoms with Gasteiger partial charge in [-0.1, -0.05) is 0 Å². The lowest BCUT2D eigenvalue weighted by Crippen LogP contribution is -2.44. The van der Waals surface area contributed by atoms with Crippen LogP contribution in [0.25, 0.3) is 0 Å². The van der Waals surface area contributed by atoms with Crippen molar-refractivity contribution in [1.29, 1.82) is 0 Å². The molecule has 0 radical (unpaired) electrons. The summed E-state index contributed by atoms with van der Waals surface area (Å²) in [7, 11) is 0. The topological polar surface area (TPSA) is 29.5 Å². The van der Waals surface area contributed by atoms with Crippen molar-refractivity contribution in [3.05, 3.63) is 0 Å². The summed E-state index contributed by atoms with van der Waals surface area (Å²) in [5, 5.41) is 0.248. The Kier molecular flexibility index (Phi) is 3.11. The normalized spacial score (nSPS) is 29.2. The van der Waals surface area contributed by atoms with Crippen LogP contribution in [0.1, 0.15) is 12.8 Å². The minimum Gasteiger partial charge on any atom is -0.378 e. The molecule has 2 saturated heterocycles. The standard InChI is InChI=1S/C9H15NO2S/c11-9(8-2-1-7-13-8)10-3-5-12-6-4-10/h8H,1-7H2. The van der Waals surface area contributed by atoms with Crippen LogP contribution >= 0.6 is 11.8 Å². The van der Waals surface area contributed by atoms with E-state index >= 15 is 0 Å². The molecule has 0 aliphatic carbocycles. The number of carbonyl (C=O) groups excluding carboxylic acids is 1. The smallest absolute Gasteiger partial charge is 0.235 e. The number of hydrogen-bond acceptors (Lipinski definition) is 3. The van der Waals surface area contributed by atoms with Gasteiger partial charge in [0.25, 0.3) is 0 Å². The van der Waals surface area contributed by atoms with E-state index in [2.05, 4.69) is 0 Å². The zero-order chi connectivity index (χ0) is 9.10. The van der Waals surface area contributed by atoms with Gasteiger partial charge in [0.15, 0.2) is 0 Å². The van der Waals surface area contributed by atoms with E-state index in [9.17, 15) is 4.79 Å². The van der Waals surface area contributed by atoms with Crippen molar-refractivity contribution >= 4 is 17.7 Å². The molecule has 2 aliphatic rings. The number of nitrogens with zero attached hydrogens (tertiary/aromatic N) is 1. The van der Waals surface area contributed by atoms with Crippen LogP contribution in [0.2, 0.25) is 0 Å². The van der Waals surface area contributed by atoms with Crippen LogP contribution in [-0.4, -0.2) is 48.1 Å². The van der Waals surface area contributed by atoms with E-state index in [4.69, 9.17) is 4.74 Å². The first-order chi connectivity index (χ1) is 6.38. The van der Waals surface area contributed by atoms with Crippen molar-refractivity contribution in [2.24, 2.45) is 0 Å². The van der Waals surface area contributed by atoms with Crippen LogP contribution in [0.4, 0.5) is 0 Å². The number of thioether (sulfide) groups is 1. The molecule has 3 nitrogen and oxygen atoms in total. The Hall–Kier alpha value is -0.220. The summed E-state index contributed by atoms with van der Waals surface area (Å²) in [4.78, 5) is 13.8. The van der Waals surface area contributed by atoms with Crippen LogP contribution in [0.3, 0.4) is 0 Å². The highest BCUT2D eigenvalue weighted by Gasteiger charge is 2.28. The van der Waals surface area contributed by atoms with Crippen molar-refractivity contribution in [1.82, 2.24) is 4.90 Å². The maximum Gasteiger partial charge on any atom is 0.235 e. The Balaban J connectivity index is 1.87. The van der Waals surface area contributed by atoms with E-state index in [1.165, 1.54) is 6.42 Å². The predicted molar refractivity (Wildman–Crippen MR) is 52.9 cm³/mol. The Morgan fingerprint density at radius 1 is 1.38 bits per heavy atom. The van der Waals surface area contributed by atoms with Gasteiger partial charge in [0.2, 0.25) is 5.91 Å². The van der Waals surface area contributed by atoms with E-state index < -0.39 is 0 Å². The molecule has 0 aromatic carbocycles. The van der Waals surface area contributed by atoms with Crippen LogP contribution in [-0.2, 0) is 9.53 Å². The minimum absolute atomic E-state index is 0.248. The average molecular weight is 201 g/mol. The maximum atomic E-state index is 11.8. The monoisotopic (exact) mass is 201 g/mol. The molecular weight excluding hydrogens is 186 g/mol. The van der Waals surface area contributed by atoms with Crippen molar-refractivity contribution < 1.29 is 9.53 Å². The van der Waals surface area contributed by atoms with Gasteiger partial charge in [-0.25, -0.2) is 0 Å². The molecule has 2 fully saturated rings. The fourth-order valence-electron chi connectivity index (χ4n) is 1.76.